The number of benzene rings is 1. The van der Waals surface area contributed by atoms with Gasteiger partial charge in [0.2, 0.25) is 15.9 Å². The van der Waals surface area contributed by atoms with Gasteiger partial charge in [-0.2, -0.15) is 0 Å². The molecule has 0 saturated heterocycles. The fourth-order valence-electron chi connectivity index (χ4n) is 2.46. The van der Waals surface area contributed by atoms with Crippen LogP contribution < -0.4 is 9.62 Å². The Bertz CT molecular complexity index is 811. The lowest BCUT2D eigenvalue weighted by molar-refractivity contribution is -0.122. The molecule has 1 aromatic heterocycles. The molecule has 0 spiro atoms. The third-order valence-electron chi connectivity index (χ3n) is 3.63. The Balaban J connectivity index is 2.23. The van der Waals surface area contributed by atoms with Gasteiger partial charge in [-0.15, -0.1) is 0 Å². The van der Waals surface area contributed by atoms with Crippen LogP contribution in [0.1, 0.15) is 18.9 Å². The first-order valence-electron chi connectivity index (χ1n) is 7.74. The van der Waals surface area contributed by atoms with Crippen molar-refractivity contribution in [1.29, 1.82) is 0 Å². The van der Waals surface area contributed by atoms with Crippen molar-refractivity contribution >= 4 is 33.2 Å². The van der Waals surface area contributed by atoms with Gasteiger partial charge >= 0.3 is 0 Å². The molecule has 2 aromatic rings. The van der Waals surface area contributed by atoms with Gasteiger partial charge in [-0.25, -0.2) is 8.42 Å². The van der Waals surface area contributed by atoms with Gasteiger partial charge in [-0.05, 0) is 48.4 Å². The number of aromatic nitrogens is 1. The minimum Gasteiger partial charge on any atom is -0.350 e. The van der Waals surface area contributed by atoms with E-state index in [1.54, 1.807) is 55.7 Å². The van der Waals surface area contributed by atoms with Crippen LogP contribution in [0.4, 0.5) is 5.69 Å². The first-order chi connectivity index (χ1) is 11.8. The van der Waals surface area contributed by atoms with Gasteiger partial charge in [-0.3, -0.25) is 14.1 Å². The van der Waals surface area contributed by atoms with E-state index >= 15 is 0 Å². The van der Waals surface area contributed by atoms with E-state index in [9.17, 15) is 13.2 Å². The Morgan fingerprint density at radius 2 is 1.80 bits per heavy atom. The van der Waals surface area contributed by atoms with Gasteiger partial charge in [-0.1, -0.05) is 18.5 Å². The highest BCUT2D eigenvalue weighted by atomic mass is 35.5. The number of nitrogens with zero attached hydrogens (tertiary/aromatic N) is 2. The summed E-state index contributed by atoms with van der Waals surface area (Å²) in [6.45, 7) is 2.07. The summed E-state index contributed by atoms with van der Waals surface area (Å²) >= 11 is 5.87. The van der Waals surface area contributed by atoms with E-state index in [4.69, 9.17) is 11.6 Å². The maximum absolute atomic E-state index is 12.6. The van der Waals surface area contributed by atoms with E-state index in [1.807, 2.05) is 0 Å². The van der Waals surface area contributed by atoms with Crippen LogP contribution in [0.3, 0.4) is 0 Å². The molecule has 1 atom stereocenters. The lowest BCUT2D eigenvalue weighted by atomic mass is 10.2. The average molecular weight is 382 g/mol. The van der Waals surface area contributed by atoms with E-state index in [0.29, 0.717) is 23.7 Å². The van der Waals surface area contributed by atoms with Gasteiger partial charge in [0, 0.05) is 24.0 Å². The maximum Gasteiger partial charge on any atom is 0.244 e. The maximum atomic E-state index is 12.6. The molecular formula is C17H20ClN3O3S. The average Bonchev–Trinajstić information content (AvgIpc) is 2.58. The molecular weight excluding hydrogens is 362 g/mol. The van der Waals surface area contributed by atoms with Crippen molar-refractivity contribution in [2.24, 2.45) is 0 Å². The summed E-state index contributed by atoms with van der Waals surface area (Å²) in [6.07, 6.45) is 4.68. The Morgan fingerprint density at radius 1 is 1.20 bits per heavy atom. The zero-order valence-electron chi connectivity index (χ0n) is 14.0. The quantitative estimate of drug-likeness (QED) is 0.799. The Kier molecular flexibility index (Phi) is 6.39. The van der Waals surface area contributed by atoms with E-state index in [-0.39, 0.29) is 5.91 Å². The Hall–Kier alpha value is -2.12. The minimum absolute atomic E-state index is 0.302. The zero-order valence-corrected chi connectivity index (χ0v) is 15.6. The third-order valence-corrected chi connectivity index (χ3v) is 5.06. The van der Waals surface area contributed by atoms with Crippen molar-refractivity contribution < 1.29 is 13.2 Å². The molecule has 0 aliphatic heterocycles. The number of pyridine rings is 1. The number of carbonyl (C=O) groups is 1. The van der Waals surface area contributed by atoms with Crippen molar-refractivity contribution in [3.8, 4) is 0 Å². The van der Waals surface area contributed by atoms with Crippen LogP contribution in [0, 0.1) is 0 Å². The van der Waals surface area contributed by atoms with Crippen LogP contribution in [0.2, 0.25) is 5.02 Å². The monoisotopic (exact) mass is 381 g/mol. The van der Waals surface area contributed by atoms with E-state index < -0.39 is 16.1 Å². The number of amides is 1. The summed E-state index contributed by atoms with van der Waals surface area (Å²) in [4.78, 5) is 16.5. The van der Waals surface area contributed by atoms with E-state index in [0.717, 1.165) is 16.1 Å². The Labute approximate surface area is 152 Å². The van der Waals surface area contributed by atoms with Crippen LogP contribution in [-0.2, 0) is 21.4 Å². The number of carbonyl (C=O) groups excluding carboxylic acids is 1. The van der Waals surface area contributed by atoms with E-state index in [2.05, 4.69) is 10.3 Å². The highest BCUT2D eigenvalue weighted by molar-refractivity contribution is 7.92. The van der Waals surface area contributed by atoms with Gasteiger partial charge in [0.15, 0.2) is 0 Å². The molecule has 2 rings (SSSR count). The number of hydrogen-bond donors (Lipinski definition) is 1. The number of halogens is 1. The van der Waals surface area contributed by atoms with Crippen molar-refractivity contribution in [3.63, 3.8) is 0 Å². The molecule has 1 amide bonds. The first kappa shape index (κ1) is 19.2. The fraction of sp³-hybridized carbons (Fsp3) is 0.294. The molecule has 0 bridgehead atoms. The normalized spacial score (nSPS) is 12.4. The molecule has 0 aliphatic rings. The molecule has 1 aromatic carbocycles. The molecule has 0 aliphatic carbocycles. The van der Waals surface area contributed by atoms with Gasteiger partial charge in [0.25, 0.3) is 0 Å². The first-order valence-corrected chi connectivity index (χ1v) is 9.97. The molecule has 8 heteroatoms. The topological polar surface area (TPSA) is 79.4 Å². The summed E-state index contributed by atoms with van der Waals surface area (Å²) in [7, 11) is -3.65. The van der Waals surface area contributed by atoms with Crippen molar-refractivity contribution in [2.45, 2.75) is 25.9 Å². The summed E-state index contributed by atoms with van der Waals surface area (Å²) < 4.78 is 25.7. The lowest BCUT2D eigenvalue weighted by Crippen LogP contribution is -2.49. The molecule has 25 heavy (non-hydrogen) atoms. The largest absolute Gasteiger partial charge is 0.350 e. The van der Waals surface area contributed by atoms with Crippen LogP contribution in [0.15, 0.2) is 48.8 Å². The highest BCUT2D eigenvalue weighted by Gasteiger charge is 2.31. The number of sulfonamides is 1. The summed E-state index contributed by atoms with van der Waals surface area (Å²) in [5.41, 5.74) is 1.29. The lowest BCUT2D eigenvalue weighted by Gasteiger charge is -2.30. The summed E-state index contributed by atoms with van der Waals surface area (Å²) in [5, 5.41) is 3.28. The third kappa shape index (κ3) is 5.17. The molecule has 0 saturated carbocycles. The van der Waals surface area contributed by atoms with Gasteiger partial charge in [0.1, 0.15) is 6.04 Å². The van der Waals surface area contributed by atoms with Gasteiger partial charge in [0.05, 0.1) is 11.9 Å². The predicted molar refractivity (Wildman–Crippen MR) is 98.9 cm³/mol. The van der Waals surface area contributed by atoms with Crippen LogP contribution >= 0.6 is 11.6 Å². The Morgan fingerprint density at radius 3 is 2.32 bits per heavy atom. The van der Waals surface area contributed by atoms with Crippen molar-refractivity contribution in [2.75, 3.05) is 10.6 Å². The van der Waals surface area contributed by atoms with Crippen LogP contribution in [0.5, 0.6) is 0 Å². The smallest absolute Gasteiger partial charge is 0.244 e. The van der Waals surface area contributed by atoms with Gasteiger partial charge < -0.3 is 5.32 Å². The zero-order chi connectivity index (χ0) is 18.4. The number of nitrogens with one attached hydrogen (secondary N) is 1. The number of rotatable bonds is 7. The number of anilines is 1. The molecule has 0 unspecified atom stereocenters. The van der Waals surface area contributed by atoms with E-state index in [1.165, 1.54) is 0 Å². The summed E-state index contributed by atoms with van der Waals surface area (Å²) in [6, 6.07) is 9.08. The van der Waals surface area contributed by atoms with Crippen LogP contribution in [-0.4, -0.2) is 31.6 Å². The summed E-state index contributed by atoms with van der Waals surface area (Å²) in [5.74, 6) is -0.361. The molecule has 1 heterocycles. The van der Waals surface area contributed by atoms with Crippen molar-refractivity contribution in [3.05, 3.63) is 59.4 Å². The standard InChI is InChI=1S/C17H20ClN3O3S/c1-3-16(17(22)20-12-13-8-10-19-11-9-13)21(25(2,23)24)15-6-4-14(18)5-7-15/h4-11,16H,3,12H2,1-2H3,(H,20,22)/t16-/m0/s1. The molecule has 134 valence electrons. The second-order valence-corrected chi connectivity index (χ2v) is 7.83. The minimum atomic E-state index is -3.65. The fourth-order valence-corrected chi connectivity index (χ4v) is 3.79. The molecule has 0 radical (unpaired) electrons. The predicted octanol–water partition coefficient (Wildman–Crippen LogP) is 2.60. The second kappa shape index (κ2) is 8.31. The SMILES string of the molecule is CC[C@@H](C(=O)NCc1ccncc1)N(c1ccc(Cl)cc1)S(C)(=O)=O. The molecule has 6 nitrogen and oxygen atoms in total. The van der Waals surface area contributed by atoms with Crippen LogP contribution in [0.25, 0.3) is 0 Å². The molecule has 0 fully saturated rings. The van der Waals surface area contributed by atoms with Crippen molar-refractivity contribution in [1.82, 2.24) is 10.3 Å². The second-order valence-electron chi connectivity index (χ2n) is 5.53. The molecule has 1 N–H and O–H groups in total. The number of hydrogen-bond acceptors (Lipinski definition) is 4. The highest BCUT2D eigenvalue weighted by Crippen LogP contribution is 2.24.